The van der Waals surface area contributed by atoms with Crippen molar-refractivity contribution in [1.29, 1.82) is 0 Å². The molecule has 0 aliphatic rings. The van der Waals surface area contributed by atoms with Crippen molar-refractivity contribution in [2.45, 2.75) is 33.6 Å². The van der Waals surface area contributed by atoms with Crippen LogP contribution in [0.1, 0.15) is 33.6 Å². The molecule has 0 fully saturated rings. The number of ether oxygens (including phenoxy) is 1. The number of hydrogen-bond donors (Lipinski definition) is 0. The van der Waals surface area contributed by atoms with Crippen molar-refractivity contribution in [2.24, 2.45) is 5.92 Å². The number of rotatable bonds is 5. The topological polar surface area (TPSA) is 43.4 Å². The van der Waals surface area contributed by atoms with Gasteiger partial charge in [-0.25, -0.2) is 0 Å². The van der Waals surface area contributed by atoms with Crippen LogP contribution in [-0.4, -0.2) is 18.4 Å². The van der Waals surface area contributed by atoms with Gasteiger partial charge in [-0.1, -0.05) is 6.92 Å². The highest BCUT2D eigenvalue weighted by Gasteiger charge is 2.11. The first kappa shape index (κ1) is 11.1. The number of carbonyl (C=O) groups excluding carboxylic acids is 2. The smallest absolute Gasteiger partial charge is 0.306 e. The Morgan fingerprint density at radius 1 is 1.33 bits per heavy atom. The minimum absolute atomic E-state index is 0.0987. The van der Waals surface area contributed by atoms with Gasteiger partial charge in [-0.05, 0) is 19.8 Å². The van der Waals surface area contributed by atoms with Gasteiger partial charge < -0.3 is 9.53 Å². The van der Waals surface area contributed by atoms with E-state index in [1.54, 1.807) is 6.92 Å². The summed E-state index contributed by atoms with van der Waals surface area (Å²) in [4.78, 5) is 21.5. The second kappa shape index (κ2) is 5.75. The predicted molar refractivity (Wildman–Crippen MR) is 45.7 cm³/mol. The van der Waals surface area contributed by atoms with Crippen LogP contribution in [0.15, 0.2) is 0 Å². The van der Waals surface area contributed by atoms with Crippen molar-refractivity contribution in [3.8, 4) is 0 Å². The quantitative estimate of drug-likeness (QED) is 0.591. The van der Waals surface area contributed by atoms with Crippen molar-refractivity contribution in [1.82, 2.24) is 0 Å². The summed E-state index contributed by atoms with van der Waals surface area (Å²) in [6.07, 6.45) is 0.798. The van der Waals surface area contributed by atoms with E-state index in [-0.39, 0.29) is 17.7 Å². The van der Waals surface area contributed by atoms with Crippen molar-refractivity contribution in [3.63, 3.8) is 0 Å². The number of esters is 1. The Morgan fingerprint density at radius 3 is 2.33 bits per heavy atom. The maximum Gasteiger partial charge on any atom is 0.306 e. The fraction of sp³-hybridized carbons (Fsp3) is 0.778. The third-order valence-corrected chi connectivity index (χ3v) is 1.46. The molecule has 0 spiro atoms. The van der Waals surface area contributed by atoms with Crippen LogP contribution in [0.2, 0.25) is 0 Å². The standard InChI is InChI=1S/C9H16O3/c1-4-12-9(11)6-7(2)5-8(3)10/h7H,4-6H2,1-3H3/t7-/m0/s1. The van der Waals surface area contributed by atoms with Gasteiger partial charge >= 0.3 is 5.97 Å². The van der Waals surface area contributed by atoms with Crippen LogP contribution in [0.4, 0.5) is 0 Å². The van der Waals surface area contributed by atoms with Gasteiger partial charge in [0, 0.05) is 12.8 Å². The summed E-state index contributed by atoms with van der Waals surface area (Å²) in [5, 5.41) is 0. The Bertz CT molecular complexity index is 163. The Labute approximate surface area is 73.1 Å². The second-order valence-corrected chi connectivity index (χ2v) is 3.02. The Balaban J connectivity index is 3.61. The molecule has 0 aromatic carbocycles. The molecule has 0 rings (SSSR count). The van der Waals surface area contributed by atoms with Gasteiger partial charge in [-0.15, -0.1) is 0 Å². The van der Waals surface area contributed by atoms with Crippen LogP contribution in [-0.2, 0) is 14.3 Å². The lowest BCUT2D eigenvalue weighted by Crippen LogP contribution is -2.11. The molecule has 1 atom stereocenters. The molecule has 12 heavy (non-hydrogen) atoms. The number of Topliss-reactive ketones (excluding diaryl/α,β-unsaturated/α-hetero) is 1. The molecular weight excluding hydrogens is 156 g/mol. The Kier molecular flexibility index (Phi) is 5.34. The van der Waals surface area contributed by atoms with Crippen LogP contribution in [0.25, 0.3) is 0 Å². The van der Waals surface area contributed by atoms with Crippen LogP contribution in [0.5, 0.6) is 0 Å². The molecule has 0 heterocycles. The molecule has 3 nitrogen and oxygen atoms in total. The van der Waals surface area contributed by atoms with Gasteiger partial charge in [0.05, 0.1) is 6.61 Å². The van der Waals surface area contributed by atoms with Crippen molar-refractivity contribution in [3.05, 3.63) is 0 Å². The van der Waals surface area contributed by atoms with Gasteiger partial charge in [-0.2, -0.15) is 0 Å². The van der Waals surface area contributed by atoms with E-state index in [9.17, 15) is 9.59 Å². The molecule has 0 radical (unpaired) electrons. The van der Waals surface area contributed by atoms with E-state index in [0.717, 1.165) is 0 Å². The largest absolute Gasteiger partial charge is 0.466 e. The second-order valence-electron chi connectivity index (χ2n) is 3.02. The normalized spacial score (nSPS) is 12.2. The summed E-state index contributed by atoms with van der Waals surface area (Å²) in [6, 6.07) is 0. The highest BCUT2D eigenvalue weighted by atomic mass is 16.5. The first-order valence-corrected chi connectivity index (χ1v) is 4.21. The summed E-state index contributed by atoms with van der Waals surface area (Å²) in [6.45, 7) is 5.58. The fourth-order valence-corrected chi connectivity index (χ4v) is 1.07. The predicted octanol–water partition coefficient (Wildman–Crippen LogP) is 1.55. The highest BCUT2D eigenvalue weighted by molar-refractivity contribution is 5.77. The SMILES string of the molecule is CCOC(=O)C[C@@H](C)CC(C)=O. The molecule has 0 bridgehead atoms. The summed E-state index contributed by atoms with van der Waals surface area (Å²) in [7, 11) is 0. The van der Waals surface area contributed by atoms with E-state index in [2.05, 4.69) is 0 Å². The fourth-order valence-electron chi connectivity index (χ4n) is 1.07. The molecule has 3 heteroatoms. The maximum atomic E-state index is 10.9. The van der Waals surface area contributed by atoms with E-state index in [1.165, 1.54) is 6.92 Å². The van der Waals surface area contributed by atoms with Crippen LogP contribution < -0.4 is 0 Å². The van der Waals surface area contributed by atoms with Crippen molar-refractivity contribution >= 4 is 11.8 Å². The molecule has 0 unspecified atom stereocenters. The van der Waals surface area contributed by atoms with Crippen molar-refractivity contribution < 1.29 is 14.3 Å². The lowest BCUT2D eigenvalue weighted by molar-refractivity contribution is -0.144. The third-order valence-electron chi connectivity index (χ3n) is 1.46. The van der Waals surface area contributed by atoms with Crippen LogP contribution in [0, 0.1) is 5.92 Å². The summed E-state index contributed by atoms with van der Waals surface area (Å²) in [5.41, 5.74) is 0. The Morgan fingerprint density at radius 2 is 1.92 bits per heavy atom. The van der Waals surface area contributed by atoms with Crippen LogP contribution >= 0.6 is 0 Å². The first-order chi connectivity index (χ1) is 5.56. The zero-order chi connectivity index (χ0) is 9.56. The molecule has 0 aliphatic heterocycles. The van der Waals surface area contributed by atoms with Crippen LogP contribution in [0.3, 0.4) is 0 Å². The minimum Gasteiger partial charge on any atom is -0.466 e. The van der Waals surface area contributed by atoms with Gasteiger partial charge in [0.1, 0.15) is 5.78 Å². The van der Waals surface area contributed by atoms with Gasteiger partial charge in [0.2, 0.25) is 0 Å². The summed E-state index contributed by atoms with van der Waals surface area (Å²) >= 11 is 0. The average molecular weight is 172 g/mol. The molecule has 0 saturated heterocycles. The molecule has 70 valence electrons. The highest BCUT2D eigenvalue weighted by Crippen LogP contribution is 2.08. The number of carbonyl (C=O) groups is 2. The van der Waals surface area contributed by atoms with Gasteiger partial charge in [0.25, 0.3) is 0 Å². The molecule has 0 saturated carbocycles. The van der Waals surface area contributed by atoms with Gasteiger partial charge in [-0.3, -0.25) is 4.79 Å². The number of ketones is 1. The molecule has 0 aromatic rings. The van der Waals surface area contributed by atoms with E-state index in [4.69, 9.17) is 4.74 Å². The maximum absolute atomic E-state index is 10.9. The van der Waals surface area contributed by atoms with Crippen molar-refractivity contribution in [2.75, 3.05) is 6.61 Å². The van der Waals surface area contributed by atoms with E-state index < -0.39 is 0 Å². The molecule has 0 N–H and O–H groups in total. The lowest BCUT2D eigenvalue weighted by Gasteiger charge is -2.07. The third kappa shape index (κ3) is 5.89. The van der Waals surface area contributed by atoms with E-state index in [1.807, 2.05) is 6.92 Å². The first-order valence-electron chi connectivity index (χ1n) is 4.21. The summed E-state index contributed by atoms with van der Waals surface area (Å²) in [5.74, 6) is -0.000372. The monoisotopic (exact) mass is 172 g/mol. The Hall–Kier alpha value is -0.860. The zero-order valence-electron chi connectivity index (χ0n) is 7.92. The molecule has 0 amide bonds. The zero-order valence-corrected chi connectivity index (χ0v) is 7.92. The van der Waals surface area contributed by atoms with E-state index in [0.29, 0.717) is 19.4 Å². The summed E-state index contributed by atoms with van der Waals surface area (Å²) < 4.78 is 4.74. The number of hydrogen-bond acceptors (Lipinski definition) is 3. The minimum atomic E-state index is -0.216. The molecule has 0 aromatic heterocycles. The molecular formula is C9H16O3. The average Bonchev–Trinajstić information content (AvgIpc) is 1.84. The lowest BCUT2D eigenvalue weighted by atomic mass is 10.0. The van der Waals surface area contributed by atoms with E-state index >= 15 is 0 Å². The molecule has 0 aliphatic carbocycles. The van der Waals surface area contributed by atoms with Gasteiger partial charge in [0.15, 0.2) is 0 Å².